The number of halogens is 1. The summed E-state index contributed by atoms with van der Waals surface area (Å²) in [5, 5.41) is 6.85. The molecule has 4 rings (SSSR count). The molecule has 0 aliphatic carbocycles. The maximum absolute atomic E-state index is 12.7. The summed E-state index contributed by atoms with van der Waals surface area (Å²) in [5.41, 5.74) is 1.08. The maximum atomic E-state index is 12.7. The summed E-state index contributed by atoms with van der Waals surface area (Å²) in [6.07, 6.45) is 7.06. The van der Waals surface area contributed by atoms with Gasteiger partial charge >= 0.3 is 0 Å². The zero-order chi connectivity index (χ0) is 35.7. The van der Waals surface area contributed by atoms with Crippen LogP contribution in [0, 0.1) is 0 Å². The fraction of sp³-hybridized carbons (Fsp3) is 0.486. The normalized spacial score (nSPS) is 13.6. The molecule has 1 aliphatic rings. The Morgan fingerprint density at radius 2 is 1.72 bits per heavy atom. The van der Waals surface area contributed by atoms with E-state index in [0.29, 0.717) is 86.6 Å². The number of nitrogens with one attached hydrogen (secondary N) is 2. The van der Waals surface area contributed by atoms with Crippen molar-refractivity contribution in [3.63, 3.8) is 0 Å². The number of hydrogen-bond acceptors (Lipinski definition) is 12. The Morgan fingerprint density at radius 1 is 1.04 bits per heavy atom. The smallest absolute Gasteiger partial charge is 0.293 e. The Labute approximate surface area is 297 Å². The highest BCUT2D eigenvalue weighted by atomic mass is 35.5. The summed E-state index contributed by atoms with van der Waals surface area (Å²) in [4.78, 5) is 35.6. The van der Waals surface area contributed by atoms with Crippen LogP contribution in [0.25, 0.3) is 10.9 Å². The van der Waals surface area contributed by atoms with Gasteiger partial charge in [0.2, 0.25) is 5.95 Å². The predicted molar refractivity (Wildman–Crippen MR) is 193 cm³/mol. The first kappa shape index (κ1) is 38.6. The molecule has 2 N–H and O–H groups in total. The number of benzene rings is 1. The third kappa shape index (κ3) is 12.0. The molecule has 0 radical (unpaired) electrons. The van der Waals surface area contributed by atoms with Crippen molar-refractivity contribution in [1.82, 2.24) is 19.9 Å². The minimum atomic E-state index is -0.335. The fourth-order valence-electron chi connectivity index (χ4n) is 5.09. The molecule has 3 heterocycles. The molecule has 0 saturated carbocycles. The minimum Gasteiger partial charge on any atom is -0.492 e. The van der Waals surface area contributed by atoms with Crippen LogP contribution in [0.2, 0.25) is 5.02 Å². The zero-order valence-electron chi connectivity index (χ0n) is 29.0. The highest BCUT2D eigenvalue weighted by molar-refractivity contribution is 6.32. The zero-order valence-corrected chi connectivity index (χ0v) is 29.7. The van der Waals surface area contributed by atoms with Crippen LogP contribution in [0.3, 0.4) is 0 Å². The summed E-state index contributed by atoms with van der Waals surface area (Å²) in [6.45, 7) is 10.8. The number of nitrogens with zero attached hydrogens (tertiary/aromatic N) is 4. The molecule has 1 fully saturated rings. The van der Waals surface area contributed by atoms with E-state index in [-0.39, 0.29) is 29.9 Å². The van der Waals surface area contributed by atoms with Gasteiger partial charge in [-0.3, -0.25) is 9.59 Å². The van der Waals surface area contributed by atoms with Crippen LogP contribution in [0.1, 0.15) is 19.8 Å². The molecule has 15 heteroatoms. The molecule has 272 valence electrons. The van der Waals surface area contributed by atoms with Crippen LogP contribution >= 0.6 is 11.6 Å². The van der Waals surface area contributed by atoms with Crippen LogP contribution in [-0.4, -0.2) is 106 Å². The van der Waals surface area contributed by atoms with Crippen LogP contribution < -0.4 is 25.8 Å². The number of amides is 1. The second-order valence-corrected chi connectivity index (χ2v) is 11.7. The van der Waals surface area contributed by atoms with Gasteiger partial charge in [0.1, 0.15) is 17.4 Å². The topological polar surface area (TPSA) is 148 Å². The molecule has 1 aliphatic heterocycles. The lowest BCUT2D eigenvalue weighted by Gasteiger charge is -2.32. The van der Waals surface area contributed by atoms with Gasteiger partial charge in [-0.25, -0.2) is 4.98 Å². The third-order valence-electron chi connectivity index (χ3n) is 7.74. The maximum Gasteiger partial charge on any atom is 0.293 e. The van der Waals surface area contributed by atoms with Crippen molar-refractivity contribution in [3.05, 3.63) is 70.3 Å². The molecular weight excluding hydrogens is 668 g/mol. The van der Waals surface area contributed by atoms with Gasteiger partial charge in [0.05, 0.1) is 64.1 Å². The Kier molecular flexibility index (Phi) is 15.8. The molecule has 50 heavy (non-hydrogen) atoms. The number of allylic oxidation sites excluding steroid dienone is 2. The molecule has 0 unspecified atom stereocenters. The standard InChI is InChI=1S/C35H47ClN6O8/c1-5-6-25(2)48-19-17-46-15-13-45-14-16-47-18-20-49-28-9-11-42(12-10-28)35-38-23-29(36)33(40-35)39-27-7-8-30-26(21-27)22-31(34(44)41(30)4)50-24-32(43)37-3/h5-8,21-23,28H,2,9-20,24H2,1,3-4H3,(H,37,43)(H,38,39,40)/b6-5-. The second kappa shape index (κ2) is 20.5. The number of carbonyl (C=O) groups excluding carboxylic acids is 1. The monoisotopic (exact) mass is 714 g/mol. The van der Waals surface area contributed by atoms with Gasteiger partial charge in [-0.1, -0.05) is 24.3 Å². The van der Waals surface area contributed by atoms with Gasteiger partial charge in [0.25, 0.3) is 11.5 Å². The Morgan fingerprint density at radius 3 is 2.40 bits per heavy atom. The first-order chi connectivity index (χ1) is 24.3. The van der Waals surface area contributed by atoms with E-state index in [1.165, 1.54) is 11.6 Å². The average Bonchev–Trinajstić information content (AvgIpc) is 3.12. The second-order valence-electron chi connectivity index (χ2n) is 11.3. The van der Waals surface area contributed by atoms with E-state index in [2.05, 4.69) is 27.1 Å². The van der Waals surface area contributed by atoms with Gasteiger partial charge < -0.3 is 48.5 Å². The van der Waals surface area contributed by atoms with E-state index in [9.17, 15) is 9.59 Å². The van der Waals surface area contributed by atoms with Gasteiger partial charge in [0.15, 0.2) is 18.2 Å². The van der Waals surface area contributed by atoms with Crippen LogP contribution in [-0.2, 0) is 35.5 Å². The lowest BCUT2D eigenvalue weighted by atomic mass is 10.1. The lowest BCUT2D eigenvalue weighted by molar-refractivity contribution is -0.122. The summed E-state index contributed by atoms with van der Waals surface area (Å²) in [7, 11) is 3.16. The minimum absolute atomic E-state index is 0.0801. The molecule has 0 spiro atoms. The number of pyridine rings is 1. The van der Waals surface area contributed by atoms with Crippen LogP contribution in [0.15, 0.2) is 59.7 Å². The number of piperidine rings is 1. The van der Waals surface area contributed by atoms with E-state index >= 15 is 0 Å². The molecule has 0 bridgehead atoms. The van der Waals surface area contributed by atoms with Crippen molar-refractivity contribution < 1.29 is 33.2 Å². The highest BCUT2D eigenvalue weighted by Gasteiger charge is 2.22. The Bertz CT molecular complexity index is 1640. The van der Waals surface area contributed by atoms with E-state index < -0.39 is 0 Å². The van der Waals surface area contributed by atoms with Gasteiger partial charge in [-0.05, 0) is 50.1 Å². The highest BCUT2D eigenvalue weighted by Crippen LogP contribution is 2.28. The van der Waals surface area contributed by atoms with Gasteiger partial charge in [-0.15, -0.1) is 0 Å². The Balaban J connectivity index is 1.15. The number of likely N-dealkylation sites (N-methyl/N-ethyl adjacent to an activating group) is 1. The largest absolute Gasteiger partial charge is 0.492 e. The number of rotatable bonds is 21. The first-order valence-corrected chi connectivity index (χ1v) is 17.0. The number of aromatic nitrogens is 3. The van der Waals surface area contributed by atoms with Crippen molar-refractivity contribution in [3.8, 4) is 5.75 Å². The summed E-state index contributed by atoms with van der Waals surface area (Å²) < 4.78 is 35.0. The van der Waals surface area contributed by atoms with Crippen molar-refractivity contribution in [2.24, 2.45) is 7.05 Å². The van der Waals surface area contributed by atoms with Crippen molar-refractivity contribution in [1.29, 1.82) is 0 Å². The van der Waals surface area contributed by atoms with Crippen LogP contribution in [0.4, 0.5) is 17.5 Å². The summed E-state index contributed by atoms with van der Waals surface area (Å²) in [6, 6.07) is 7.14. The molecule has 2 aromatic heterocycles. The predicted octanol–water partition coefficient (Wildman–Crippen LogP) is 3.99. The summed E-state index contributed by atoms with van der Waals surface area (Å²) in [5.74, 6) is 1.40. The van der Waals surface area contributed by atoms with Crippen molar-refractivity contribution in [2.45, 2.75) is 25.9 Å². The number of anilines is 3. The van der Waals surface area contributed by atoms with Gasteiger partial charge in [0, 0.05) is 38.3 Å². The van der Waals surface area contributed by atoms with E-state index in [4.69, 9.17) is 45.0 Å². The van der Waals surface area contributed by atoms with Gasteiger partial charge in [-0.2, -0.15) is 4.98 Å². The summed E-state index contributed by atoms with van der Waals surface area (Å²) >= 11 is 6.48. The quantitative estimate of drug-likeness (QED) is 0.0934. The molecule has 1 aromatic carbocycles. The lowest BCUT2D eigenvalue weighted by Crippen LogP contribution is -2.38. The number of aryl methyl sites for hydroxylation is 1. The number of fused-ring (bicyclic) bond motifs is 1. The first-order valence-electron chi connectivity index (χ1n) is 16.6. The van der Waals surface area contributed by atoms with Crippen molar-refractivity contribution in [2.75, 3.05) is 89.8 Å². The number of hydrogen-bond donors (Lipinski definition) is 2. The molecule has 0 atom stereocenters. The molecule has 14 nitrogen and oxygen atoms in total. The van der Waals surface area contributed by atoms with Crippen molar-refractivity contribution >= 4 is 45.9 Å². The van der Waals surface area contributed by atoms with E-state index in [1.807, 2.05) is 31.2 Å². The number of carbonyl (C=O) groups is 1. The van der Waals surface area contributed by atoms with Crippen LogP contribution in [0.5, 0.6) is 5.75 Å². The average molecular weight is 715 g/mol. The third-order valence-corrected chi connectivity index (χ3v) is 8.02. The van der Waals surface area contributed by atoms with E-state index in [1.54, 1.807) is 25.4 Å². The molecule has 3 aromatic rings. The van der Waals surface area contributed by atoms with E-state index in [0.717, 1.165) is 31.3 Å². The number of ether oxygens (including phenoxy) is 6. The Hall–Kier alpha value is -4.21. The molecular formula is C35H47ClN6O8. The fourth-order valence-corrected chi connectivity index (χ4v) is 5.23. The molecule has 1 amide bonds. The SMILES string of the molecule is C=C(/C=C\C)OCCOCCOCCOCCOC1CCN(c2ncc(Cl)c(Nc3ccc4c(c3)cc(OCC(=O)NC)c(=O)n4C)n2)CC1. The molecule has 1 saturated heterocycles.